The van der Waals surface area contributed by atoms with Gasteiger partial charge in [0.05, 0.1) is 17.1 Å². The average molecular weight is 1750 g/mol. The number of benzene rings is 21. The average Bonchev–Trinajstić information content (AvgIpc) is 1.61. The fourth-order valence-corrected chi connectivity index (χ4v) is 21.3. The lowest BCUT2D eigenvalue weighted by Crippen LogP contribution is -2.10. The molecule has 0 saturated carbocycles. The molecule has 135 heavy (non-hydrogen) atoms. The maximum Gasteiger partial charge on any atom is 0.227 e. The van der Waals surface area contributed by atoms with Gasteiger partial charge in [-0.15, -0.1) is 11.3 Å². The van der Waals surface area contributed by atoms with Gasteiger partial charge in [0.1, 0.15) is 38.9 Å². The number of aromatic nitrogens is 3. The molecule has 0 aliphatic heterocycles. The molecule has 0 radical (unpaired) electrons. The second-order valence-electron chi connectivity index (χ2n) is 34.4. The molecule has 0 aliphatic rings. The maximum atomic E-state index is 6.96. The van der Waals surface area contributed by atoms with E-state index in [0.29, 0.717) is 23.3 Å². The summed E-state index contributed by atoms with van der Waals surface area (Å²) in [4.78, 5) is 22.6. The number of thiophene rings is 1. The summed E-state index contributed by atoms with van der Waals surface area (Å²) < 4.78 is 36.7. The van der Waals surface area contributed by atoms with Gasteiger partial charge < -0.3 is 36.8 Å². The Morgan fingerprint density at radius 3 is 1.08 bits per heavy atom. The largest absolute Gasteiger partial charge is 0.455 e. The lowest BCUT2D eigenvalue weighted by Gasteiger charge is -2.27. The molecule has 0 saturated heterocycles. The predicted molar refractivity (Wildman–Crippen MR) is 557 cm³/mol. The fourth-order valence-electron chi connectivity index (χ4n) is 20.2. The highest BCUT2D eigenvalue weighted by molar-refractivity contribution is 7.26. The summed E-state index contributed by atoms with van der Waals surface area (Å²) in [6.07, 6.45) is 0. The summed E-state index contributed by atoms with van der Waals surface area (Å²) in [7, 11) is 0. The van der Waals surface area contributed by atoms with Gasteiger partial charge in [0.2, 0.25) is 17.7 Å². The molecule has 11 nitrogen and oxygen atoms in total. The van der Waals surface area contributed by atoms with Crippen molar-refractivity contribution < 1.29 is 22.1 Å². The molecule has 0 fully saturated rings. The smallest absolute Gasteiger partial charge is 0.227 e. The molecule has 0 aliphatic carbocycles. The van der Waals surface area contributed by atoms with Crippen LogP contribution in [0.3, 0.4) is 0 Å². The number of nitrogens with zero attached hydrogens (tertiary/aromatic N) is 6. The lowest BCUT2D eigenvalue weighted by molar-refractivity contribution is 0.620. The molecule has 632 valence electrons. The standard InChI is InChI=1S/C123H74N6O5S/c1-5-26-78(27-6-1)121-124-105-72-107(95-39-14-17-42-98(95)119(105)133-121)127(85-32-9-3-10-33-85)87-62-56-76(57-63-87)92-47-24-49-101-104-71-83(61-67-111(104)131-118(92)101)81-30-21-36-89(68-81)129(108-73-106-120(99-43-18-15-40-96(99)108)134-122(125-106)79-28-7-2-8-29-79)88-64-58-77(59-65-88)93-46-23-48-100-103-70-82(60-66-110(103)130-117(93)100)75-52-54-80(55-53-75)123-126-116-97-41-16-13-38-94(97)109(74-112(116)132-123)128(86-34-11-4-12-35-86)90-37-22-31-84(69-90)91-45-25-51-114-115(91)102-44-19-20-50-113(102)135-114/h1-74H. The molecule has 0 atom stereocenters. The second kappa shape index (κ2) is 31.4. The zero-order chi connectivity index (χ0) is 88.7. The Morgan fingerprint density at radius 2 is 0.533 bits per heavy atom. The van der Waals surface area contributed by atoms with Crippen LogP contribution in [-0.4, -0.2) is 15.0 Å². The van der Waals surface area contributed by atoms with Gasteiger partial charge in [-0.05, 0) is 202 Å². The molecule has 0 unspecified atom stereocenters. The minimum absolute atomic E-state index is 0.547. The monoisotopic (exact) mass is 1750 g/mol. The number of fused-ring (bicyclic) bond motifs is 18. The van der Waals surface area contributed by atoms with Crippen molar-refractivity contribution in [2.75, 3.05) is 14.7 Å². The Balaban J connectivity index is 0.505. The SMILES string of the molecule is c1ccc(-c2nc3cc(N(c4ccccc4)c4ccc(-c5cccc6c5oc5ccc(-c7cccc(N(c8ccc(-c9cccc%10c9oc9ccc(-c%11ccc(-c%12nc%13c(cc(N(c%14ccccc%14)c%14cccc(-c%15cccc%16sc%17ccccc%17c%15%16)c%14)c%14ccccc%14%13)o%12)cc%11)cc9%10)cc8)c8cc9nc(-c%10ccccc%10)oc9c9ccccc89)c7)cc56)cc4)c4ccccc4c3o2)cc1. The van der Waals surface area contributed by atoms with Crippen molar-refractivity contribution >= 4 is 192 Å². The number of para-hydroxylation sites is 4. The van der Waals surface area contributed by atoms with Crippen LogP contribution in [-0.2, 0) is 0 Å². The van der Waals surface area contributed by atoms with E-state index < -0.39 is 0 Å². The zero-order valence-electron chi connectivity index (χ0n) is 72.4. The first kappa shape index (κ1) is 77.0. The van der Waals surface area contributed by atoms with Crippen LogP contribution < -0.4 is 14.7 Å². The number of furan rings is 2. The molecule has 0 amide bonds. The fraction of sp³-hybridized carbons (Fsp3) is 0. The highest BCUT2D eigenvalue weighted by Gasteiger charge is 2.28. The van der Waals surface area contributed by atoms with Crippen LogP contribution in [0.15, 0.2) is 471 Å². The van der Waals surface area contributed by atoms with E-state index in [0.717, 1.165) is 222 Å². The highest BCUT2D eigenvalue weighted by atomic mass is 32.1. The highest BCUT2D eigenvalue weighted by Crippen LogP contribution is 2.52. The quantitative estimate of drug-likeness (QED) is 0.0868. The van der Waals surface area contributed by atoms with Crippen LogP contribution in [0.25, 0.3) is 220 Å². The van der Waals surface area contributed by atoms with Crippen LogP contribution in [0.1, 0.15) is 0 Å². The number of oxazole rings is 3. The van der Waals surface area contributed by atoms with Crippen molar-refractivity contribution in [3.63, 3.8) is 0 Å². The molecular weight excluding hydrogens is 1670 g/mol. The normalized spacial score (nSPS) is 11.9. The predicted octanol–water partition coefficient (Wildman–Crippen LogP) is 35.5. The first-order valence-corrected chi connectivity index (χ1v) is 46.1. The molecule has 0 bridgehead atoms. The second-order valence-corrected chi connectivity index (χ2v) is 35.5. The van der Waals surface area contributed by atoms with E-state index in [9.17, 15) is 0 Å². The summed E-state index contributed by atoms with van der Waals surface area (Å²) in [6.45, 7) is 0. The summed E-state index contributed by atoms with van der Waals surface area (Å²) in [6, 6.07) is 159. The molecule has 27 aromatic rings. The molecule has 0 spiro atoms. The topological polar surface area (TPSA) is 114 Å². The number of hydrogen-bond acceptors (Lipinski definition) is 12. The van der Waals surface area contributed by atoms with Crippen molar-refractivity contribution in [3.05, 3.63) is 449 Å². The zero-order valence-corrected chi connectivity index (χ0v) is 73.2. The van der Waals surface area contributed by atoms with Crippen molar-refractivity contribution in [3.8, 4) is 90.0 Å². The van der Waals surface area contributed by atoms with E-state index >= 15 is 0 Å². The van der Waals surface area contributed by atoms with Crippen molar-refractivity contribution in [1.29, 1.82) is 0 Å². The van der Waals surface area contributed by atoms with E-state index in [2.05, 4.69) is 403 Å². The first-order chi connectivity index (χ1) is 66.9. The summed E-state index contributed by atoms with van der Waals surface area (Å²) >= 11 is 1.84. The number of rotatable bonds is 17. The van der Waals surface area contributed by atoms with Crippen molar-refractivity contribution in [1.82, 2.24) is 15.0 Å². The Labute approximate surface area is 777 Å². The van der Waals surface area contributed by atoms with Gasteiger partial charge in [-0.25, -0.2) is 15.0 Å². The van der Waals surface area contributed by atoms with Gasteiger partial charge in [-0.2, -0.15) is 0 Å². The third-order valence-electron chi connectivity index (χ3n) is 26.5. The van der Waals surface area contributed by atoms with Gasteiger partial charge in [0, 0.05) is 142 Å². The summed E-state index contributed by atoms with van der Waals surface area (Å²) in [5.41, 5.74) is 29.9. The minimum Gasteiger partial charge on any atom is -0.455 e. The Kier molecular flexibility index (Phi) is 17.9. The van der Waals surface area contributed by atoms with E-state index in [-0.39, 0.29) is 0 Å². The van der Waals surface area contributed by atoms with Crippen molar-refractivity contribution in [2.24, 2.45) is 0 Å². The molecule has 6 heterocycles. The summed E-state index contributed by atoms with van der Waals surface area (Å²) in [5, 5.41) is 12.7. The third kappa shape index (κ3) is 13.0. The maximum absolute atomic E-state index is 6.96. The molecule has 6 aromatic heterocycles. The lowest BCUT2D eigenvalue weighted by atomic mass is 9.98. The Hall–Kier alpha value is -18.0. The summed E-state index contributed by atoms with van der Waals surface area (Å²) in [5.74, 6) is 1.69. The van der Waals surface area contributed by atoms with Crippen molar-refractivity contribution in [2.45, 2.75) is 0 Å². The van der Waals surface area contributed by atoms with Crippen LogP contribution in [0.2, 0.25) is 0 Å². The molecule has 21 aromatic carbocycles. The van der Waals surface area contributed by atoms with E-state index in [1.165, 1.54) is 25.7 Å². The Bertz CT molecular complexity index is 9390. The van der Waals surface area contributed by atoms with E-state index in [1.807, 2.05) is 72.0 Å². The van der Waals surface area contributed by atoms with Crippen LogP contribution >= 0.6 is 11.3 Å². The van der Waals surface area contributed by atoms with Gasteiger partial charge in [0.25, 0.3) is 0 Å². The van der Waals surface area contributed by atoms with E-state index in [1.54, 1.807) is 0 Å². The van der Waals surface area contributed by atoms with Gasteiger partial charge in [-0.3, -0.25) is 0 Å². The van der Waals surface area contributed by atoms with Crippen LogP contribution in [0.5, 0.6) is 0 Å². The van der Waals surface area contributed by atoms with Gasteiger partial charge in [-0.1, -0.05) is 285 Å². The molecule has 0 N–H and O–H groups in total. The van der Waals surface area contributed by atoms with Gasteiger partial charge >= 0.3 is 0 Å². The first-order valence-electron chi connectivity index (χ1n) is 45.3. The molecular formula is C123H74N6O5S. The number of anilines is 9. The minimum atomic E-state index is 0.547. The third-order valence-corrected chi connectivity index (χ3v) is 27.6. The molecule has 27 rings (SSSR count). The Morgan fingerprint density at radius 1 is 0.185 bits per heavy atom. The van der Waals surface area contributed by atoms with Gasteiger partial charge in [0.15, 0.2) is 16.7 Å². The number of hydrogen-bond donors (Lipinski definition) is 0. The molecule has 12 heteroatoms. The van der Waals surface area contributed by atoms with Crippen LogP contribution in [0, 0.1) is 0 Å². The van der Waals surface area contributed by atoms with Crippen LogP contribution in [0.4, 0.5) is 51.2 Å². The van der Waals surface area contributed by atoms with E-state index in [4.69, 9.17) is 37.0 Å².